The second kappa shape index (κ2) is 7.64. The molecule has 6 heteroatoms. The van der Waals surface area contributed by atoms with Crippen molar-refractivity contribution in [3.8, 4) is 0 Å². The van der Waals surface area contributed by atoms with Crippen LogP contribution in [0.1, 0.15) is 76.1 Å². The van der Waals surface area contributed by atoms with E-state index < -0.39 is 11.6 Å². The highest BCUT2D eigenvalue weighted by Crippen LogP contribution is 2.36. The number of ether oxygens (including phenoxy) is 2. The van der Waals surface area contributed by atoms with Gasteiger partial charge < -0.3 is 9.47 Å². The molecule has 0 saturated heterocycles. The fraction of sp³-hybridized carbons (Fsp3) is 0.650. The van der Waals surface area contributed by atoms with Gasteiger partial charge in [-0.25, -0.2) is 14.6 Å². The lowest BCUT2D eigenvalue weighted by Gasteiger charge is -2.46. The van der Waals surface area contributed by atoms with Crippen molar-refractivity contribution in [1.29, 1.82) is 0 Å². The molecule has 2 heterocycles. The topological polar surface area (TPSA) is 68.7 Å². The third kappa shape index (κ3) is 4.17. The molecular weight excluding hydrogens is 332 g/mol. The number of hydrogen-bond donors (Lipinski definition) is 0. The third-order valence-corrected chi connectivity index (χ3v) is 4.88. The molecule has 0 radical (unpaired) electrons. The van der Waals surface area contributed by atoms with Gasteiger partial charge in [-0.1, -0.05) is 19.9 Å². The summed E-state index contributed by atoms with van der Waals surface area (Å²) in [4.78, 5) is 31.2. The number of fused-ring (bicyclic) bond motifs is 1. The molecule has 0 N–H and O–H groups in total. The van der Waals surface area contributed by atoms with E-state index in [4.69, 9.17) is 9.47 Å². The Hall–Kier alpha value is -2.11. The molecule has 0 unspecified atom stereocenters. The summed E-state index contributed by atoms with van der Waals surface area (Å²) in [6.45, 7) is 12.3. The minimum absolute atomic E-state index is 0.304. The molecule has 0 fully saturated rings. The number of aromatic nitrogens is 1. The van der Waals surface area contributed by atoms with E-state index in [0.717, 1.165) is 24.1 Å². The van der Waals surface area contributed by atoms with Gasteiger partial charge >= 0.3 is 12.1 Å². The fourth-order valence-corrected chi connectivity index (χ4v) is 3.35. The molecule has 0 aliphatic carbocycles. The van der Waals surface area contributed by atoms with Gasteiger partial charge in [-0.05, 0) is 52.2 Å². The molecule has 1 amide bonds. The summed E-state index contributed by atoms with van der Waals surface area (Å²) >= 11 is 0. The van der Waals surface area contributed by atoms with Crippen LogP contribution in [0.2, 0.25) is 0 Å². The van der Waals surface area contributed by atoms with Crippen LogP contribution >= 0.6 is 0 Å². The van der Waals surface area contributed by atoms with E-state index in [1.165, 1.54) is 0 Å². The molecule has 6 nitrogen and oxygen atoms in total. The van der Waals surface area contributed by atoms with Crippen molar-refractivity contribution in [2.75, 3.05) is 6.61 Å². The molecule has 0 bridgehead atoms. The maximum atomic E-state index is 12.8. The zero-order valence-corrected chi connectivity index (χ0v) is 16.7. The number of rotatable bonds is 4. The summed E-state index contributed by atoms with van der Waals surface area (Å²) in [6.07, 6.45) is 1.87. The van der Waals surface area contributed by atoms with Crippen LogP contribution in [-0.2, 0) is 22.4 Å². The molecule has 2 rings (SSSR count). The van der Waals surface area contributed by atoms with Gasteiger partial charge in [0.25, 0.3) is 0 Å². The Labute approximate surface area is 155 Å². The maximum absolute atomic E-state index is 12.8. The predicted molar refractivity (Wildman–Crippen MR) is 99.0 cm³/mol. The Bertz CT molecular complexity index is 675. The Kier molecular flexibility index (Phi) is 5.94. The molecule has 0 spiro atoms. The number of esters is 1. The largest absolute Gasteiger partial charge is 0.461 e. The summed E-state index contributed by atoms with van der Waals surface area (Å²) in [5.41, 5.74) is 1.21. The first kappa shape index (κ1) is 20.2. The Morgan fingerprint density at radius 1 is 1.19 bits per heavy atom. The van der Waals surface area contributed by atoms with Crippen molar-refractivity contribution >= 4 is 12.1 Å². The van der Waals surface area contributed by atoms with Crippen LogP contribution in [0.4, 0.5) is 4.79 Å². The minimum atomic E-state index is -0.545. The molecular formula is C20H30N2O4. The molecule has 1 aliphatic rings. The van der Waals surface area contributed by atoms with Gasteiger partial charge in [0, 0.05) is 12.1 Å². The Morgan fingerprint density at radius 3 is 2.38 bits per heavy atom. The van der Waals surface area contributed by atoms with Gasteiger partial charge in [0.15, 0.2) is 0 Å². The molecule has 0 saturated carbocycles. The summed E-state index contributed by atoms with van der Waals surface area (Å²) in [6, 6.07) is 3.52. The second-order valence-corrected chi connectivity index (χ2v) is 7.70. The van der Waals surface area contributed by atoms with Gasteiger partial charge in [-0.2, -0.15) is 0 Å². The van der Waals surface area contributed by atoms with Gasteiger partial charge in [-0.15, -0.1) is 0 Å². The van der Waals surface area contributed by atoms with Crippen molar-refractivity contribution in [3.63, 3.8) is 0 Å². The summed E-state index contributed by atoms with van der Waals surface area (Å²) < 4.78 is 10.7. The molecule has 1 aromatic rings. The molecule has 1 aromatic heterocycles. The van der Waals surface area contributed by atoms with Crippen molar-refractivity contribution in [2.24, 2.45) is 0 Å². The highest BCUT2D eigenvalue weighted by Gasteiger charge is 2.43. The Morgan fingerprint density at radius 2 is 1.85 bits per heavy atom. The maximum Gasteiger partial charge on any atom is 0.411 e. The molecule has 144 valence electrons. The highest BCUT2D eigenvalue weighted by molar-refractivity contribution is 5.87. The van der Waals surface area contributed by atoms with Gasteiger partial charge in [-0.3, -0.25) is 4.90 Å². The predicted octanol–water partition coefficient (Wildman–Crippen LogP) is 4.11. The number of pyridine rings is 1. The van der Waals surface area contributed by atoms with Crippen LogP contribution in [0.25, 0.3) is 0 Å². The fourth-order valence-electron chi connectivity index (χ4n) is 3.35. The van der Waals surface area contributed by atoms with E-state index in [1.54, 1.807) is 13.0 Å². The SMILES string of the molecule is CCOC(=O)c1ccc2c(n1)CC(CC)(CC)N(C(=O)OC(C)(C)C)C2. The third-order valence-electron chi connectivity index (χ3n) is 4.88. The van der Waals surface area contributed by atoms with Crippen LogP contribution < -0.4 is 0 Å². The minimum Gasteiger partial charge on any atom is -0.461 e. The lowest BCUT2D eigenvalue weighted by atomic mass is 9.81. The summed E-state index contributed by atoms with van der Waals surface area (Å²) in [5, 5.41) is 0. The van der Waals surface area contributed by atoms with Crippen molar-refractivity contribution in [2.45, 2.75) is 78.5 Å². The van der Waals surface area contributed by atoms with Crippen LogP contribution in [0.3, 0.4) is 0 Å². The smallest absolute Gasteiger partial charge is 0.411 e. The van der Waals surface area contributed by atoms with Gasteiger partial charge in [0.2, 0.25) is 0 Å². The highest BCUT2D eigenvalue weighted by atomic mass is 16.6. The zero-order valence-electron chi connectivity index (χ0n) is 16.7. The number of nitrogens with zero attached hydrogens (tertiary/aromatic N) is 2. The number of amides is 1. The zero-order chi connectivity index (χ0) is 19.5. The summed E-state index contributed by atoms with van der Waals surface area (Å²) in [7, 11) is 0. The molecule has 0 atom stereocenters. The number of hydrogen-bond acceptors (Lipinski definition) is 5. The van der Waals surface area contributed by atoms with E-state index in [2.05, 4.69) is 18.8 Å². The van der Waals surface area contributed by atoms with E-state index >= 15 is 0 Å². The average Bonchev–Trinajstić information content (AvgIpc) is 2.58. The van der Waals surface area contributed by atoms with E-state index in [0.29, 0.717) is 25.3 Å². The van der Waals surface area contributed by atoms with Crippen LogP contribution in [-0.4, -0.2) is 39.7 Å². The van der Waals surface area contributed by atoms with Gasteiger partial charge in [0.1, 0.15) is 11.3 Å². The lowest BCUT2D eigenvalue weighted by Crippen LogP contribution is -2.56. The molecule has 1 aliphatic heterocycles. The monoisotopic (exact) mass is 362 g/mol. The van der Waals surface area contributed by atoms with Crippen LogP contribution in [0.15, 0.2) is 12.1 Å². The molecule has 0 aromatic carbocycles. The first-order valence-corrected chi connectivity index (χ1v) is 9.32. The quantitative estimate of drug-likeness (QED) is 0.754. The van der Waals surface area contributed by atoms with Gasteiger partial charge in [0.05, 0.1) is 18.7 Å². The van der Waals surface area contributed by atoms with Crippen LogP contribution in [0.5, 0.6) is 0 Å². The van der Waals surface area contributed by atoms with Crippen molar-refractivity contribution in [1.82, 2.24) is 9.88 Å². The first-order chi connectivity index (χ1) is 12.2. The van der Waals surface area contributed by atoms with Crippen molar-refractivity contribution in [3.05, 3.63) is 29.1 Å². The number of carbonyl (C=O) groups is 2. The molecule has 26 heavy (non-hydrogen) atoms. The van der Waals surface area contributed by atoms with E-state index in [-0.39, 0.29) is 11.6 Å². The first-order valence-electron chi connectivity index (χ1n) is 9.32. The van der Waals surface area contributed by atoms with Crippen LogP contribution in [0, 0.1) is 0 Å². The number of carbonyl (C=O) groups excluding carboxylic acids is 2. The lowest BCUT2D eigenvalue weighted by molar-refractivity contribution is -0.0138. The van der Waals surface area contributed by atoms with Crippen molar-refractivity contribution < 1.29 is 19.1 Å². The Balaban J connectivity index is 2.38. The average molecular weight is 362 g/mol. The standard InChI is InChI=1S/C20H30N2O4/c1-7-20(8-2)12-16-14(10-11-15(21-16)17(23)25-9-3)13-22(20)18(24)26-19(4,5)6/h10-11H,7-9,12-13H2,1-6H3. The summed E-state index contributed by atoms with van der Waals surface area (Å²) in [5.74, 6) is -0.413. The normalized spacial score (nSPS) is 16.0. The van der Waals surface area contributed by atoms with E-state index in [9.17, 15) is 9.59 Å². The second-order valence-electron chi connectivity index (χ2n) is 7.70. The van der Waals surface area contributed by atoms with E-state index in [1.807, 2.05) is 31.7 Å².